The van der Waals surface area contributed by atoms with Crippen molar-refractivity contribution in [3.8, 4) is 10.4 Å². The molecule has 0 radical (unpaired) electrons. The van der Waals surface area contributed by atoms with E-state index >= 15 is 0 Å². The zero-order valence-corrected chi connectivity index (χ0v) is 19.4. The van der Waals surface area contributed by atoms with Crippen LogP contribution in [-0.4, -0.2) is 46.6 Å². The first-order valence-corrected chi connectivity index (χ1v) is 10.9. The van der Waals surface area contributed by atoms with Crippen LogP contribution in [0.2, 0.25) is 0 Å². The first-order chi connectivity index (χ1) is 15.7. The van der Waals surface area contributed by atoms with Crippen molar-refractivity contribution < 1.29 is 28.7 Å². The lowest BCUT2D eigenvalue weighted by molar-refractivity contribution is -0.142. The lowest BCUT2D eigenvalue weighted by Gasteiger charge is -2.07. The average molecular weight is 470 g/mol. The largest absolute Gasteiger partial charge is 0.462 e. The maximum atomic E-state index is 12.4. The molecule has 1 aromatic carbocycles. The second-order valence-electron chi connectivity index (χ2n) is 7.06. The molecule has 0 atom stereocenters. The van der Waals surface area contributed by atoms with Crippen LogP contribution >= 0.6 is 11.3 Å². The summed E-state index contributed by atoms with van der Waals surface area (Å²) in [5.74, 6) is -3.31. The highest BCUT2D eigenvalue weighted by molar-refractivity contribution is 7.18. The van der Waals surface area contributed by atoms with E-state index in [1.54, 1.807) is 33.9 Å². The summed E-state index contributed by atoms with van der Waals surface area (Å²) in [6.07, 6.45) is 0. The predicted molar refractivity (Wildman–Crippen MR) is 122 cm³/mol. The Bertz CT molecular complexity index is 1210. The molecular formula is C23H23N3O6S. The molecule has 3 aromatic rings. The number of rotatable bonds is 8. The fourth-order valence-electron chi connectivity index (χ4n) is 3.16. The fourth-order valence-corrected chi connectivity index (χ4v) is 4.18. The van der Waals surface area contributed by atoms with Crippen LogP contribution in [0.4, 0.5) is 5.69 Å². The van der Waals surface area contributed by atoms with E-state index < -0.39 is 30.2 Å². The van der Waals surface area contributed by atoms with Gasteiger partial charge in [-0.1, -0.05) is 30.3 Å². The van der Waals surface area contributed by atoms with Crippen LogP contribution in [-0.2, 0) is 26.1 Å². The molecular weight excluding hydrogens is 446 g/mol. The SMILES string of the molecule is CCOC(=O)c1sc(-c2ccccc2)cc1NC(=O)COC(=O)C(=O)c1c(C)nn(C)c1C. The van der Waals surface area contributed by atoms with Crippen LogP contribution in [0, 0.1) is 13.8 Å². The van der Waals surface area contributed by atoms with Crippen molar-refractivity contribution in [3.63, 3.8) is 0 Å². The maximum absolute atomic E-state index is 12.4. The number of Topliss-reactive ketones (excluding diaryl/α,β-unsaturated/α-hetero) is 1. The molecule has 3 rings (SSSR count). The molecule has 0 unspecified atom stereocenters. The molecule has 1 N–H and O–H groups in total. The molecule has 2 heterocycles. The van der Waals surface area contributed by atoms with Gasteiger partial charge in [0.1, 0.15) is 4.88 Å². The number of amides is 1. The zero-order valence-electron chi connectivity index (χ0n) is 18.6. The number of carbonyl (C=O) groups is 4. The summed E-state index contributed by atoms with van der Waals surface area (Å²) in [6.45, 7) is 4.44. The molecule has 0 saturated carbocycles. The summed E-state index contributed by atoms with van der Waals surface area (Å²) >= 11 is 1.17. The summed E-state index contributed by atoms with van der Waals surface area (Å²) < 4.78 is 11.5. The van der Waals surface area contributed by atoms with E-state index in [1.807, 2.05) is 30.3 Å². The van der Waals surface area contributed by atoms with E-state index in [4.69, 9.17) is 9.47 Å². The number of esters is 2. The molecule has 1 amide bonds. The number of nitrogens with zero attached hydrogens (tertiary/aromatic N) is 2. The van der Waals surface area contributed by atoms with Crippen molar-refractivity contribution in [2.45, 2.75) is 20.8 Å². The van der Waals surface area contributed by atoms with E-state index in [2.05, 4.69) is 10.4 Å². The van der Waals surface area contributed by atoms with Gasteiger partial charge < -0.3 is 14.8 Å². The maximum Gasteiger partial charge on any atom is 0.380 e. The molecule has 9 nitrogen and oxygen atoms in total. The quantitative estimate of drug-likeness (QED) is 0.306. The molecule has 0 aliphatic heterocycles. The first-order valence-electron chi connectivity index (χ1n) is 10.1. The number of ether oxygens (including phenoxy) is 2. The summed E-state index contributed by atoms with van der Waals surface area (Å²) in [6, 6.07) is 11.0. The summed E-state index contributed by atoms with van der Waals surface area (Å²) in [5, 5.41) is 6.67. The number of aryl methyl sites for hydroxylation is 2. The van der Waals surface area contributed by atoms with E-state index in [0.29, 0.717) is 11.4 Å². The van der Waals surface area contributed by atoms with Crippen molar-refractivity contribution in [1.29, 1.82) is 0 Å². The van der Waals surface area contributed by atoms with Gasteiger partial charge >= 0.3 is 11.9 Å². The molecule has 0 aliphatic carbocycles. The molecule has 0 spiro atoms. The van der Waals surface area contributed by atoms with Crippen molar-refractivity contribution >= 4 is 40.7 Å². The second-order valence-corrected chi connectivity index (χ2v) is 8.12. The zero-order chi connectivity index (χ0) is 24.1. The van der Waals surface area contributed by atoms with Crippen molar-refractivity contribution in [2.24, 2.45) is 7.05 Å². The topological polar surface area (TPSA) is 117 Å². The third-order valence-corrected chi connectivity index (χ3v) is 5.95. The minimum Gasteiger partial charge on any atom is -0.462 e. The van der Waals surface area contributed by atoms with Gasteiger partial charge in [0, 0.05) is 17.6 Å². The van der Waals surface area contributed by atoms with Crippen LogP contribution in [0.1, 0.15) is 38.3 Å². The summed E-state index contributed by atoms with van der Waals surface area (Å²) in [7, 11) is 1.66. The summed E-state index contributed by atoms with van der Waals surface area (Å²) in [4.78, 5) is 50.4. The Kier molecular flexibility index (Phi) is 7.39. The lowest BCUT2D eigenvalue weighted by Crippen LogP contribution is -2.26. The molecule has 0 fully saturated rings. The fraction of sp³-hybridized carbons (Fsp3) is 0.261. The van der Waals surface area contributed by atoms with Crippen LogP contribution in [0.25, 0.3) is 10.4 Å². The van der Waals surface area contributed by atoms with Crippen molar-refractivity contribution in [3.05, 3.63) is 58.2 Å². The second kappa shape index (κ2) is 10.2. The van der Waals surface area contributed by atoms with E-state index in [1.165, 1.54) is 16.0 Å². The third kappa shape index (κ3) is 5.35. The van der Waals surface area contributed by atoms with Gasteiger partial charge in [0.05, 0.1) is 23.6 Å². The molecule has 0 bridgehead atoms. The molecule has 33 heavy (non-hydrogen) atoms. The van der Waals surface area contributed by atoms with Gasteiger partial charge in [-0.2, -0.15) is 5.10 Å². The number of nitrogens with one attached hydrogen (secondary N) is 1. The van der Waals surface area contributed by atoms with E-state index in [9.17, 15) is 19.2 Å². The predicted octanol–water partition coefficient (Wildman–Crippen LogP) is 3.31. The number of benzene rings is 1. The third-order valence-electron chi connectivity index (χ3n) is 4.78. The number of hydrogen-bond acceptors (Lipinski definition) is 8. The number of aromatic nitrogens is 2. The Labute approximate surface area is 194 Å². The number of carbonyl (C=O) groups excluding carboxylic acids is 4. The van der Waals surface area contributed by atoms with Crippen LogP contribution in [0.15, 0.2) is 36.4 Å². The standard InChI is InChI=1S/C23H23N3O6S/c1-5-31-23(30)21-16(11-17(33-21)15-9-7-6-8-10-15)24-18(27)12-32-22(29)20(28)19-13(2)25-26(4)14(19)3/h6-11H,5,12H2,1-4H3,(H,24,27). The highest BCUT2D eigenvalue weighted by atomic mass is 32.1. The average Bonchev–Trinajstić information content (AvgIpc) is 3.32. The Morgan fingerprint density at radius 1 is 1.09 bits per heavy atom. The minimum atomic E-state index is -1.16. The van der Waals surface area contributed by atoms with Gasteiger partial charge in [-0.25, -0.2) is 9.59 Å². The van der Waals surface area contributed by atoms with Crippen LogP contribution in [0.3, 0.4) is 0 Å². The Morgan fingerprint density at radius 3 is 2.39 bits per heavy atom. The molecule has 0 saturated heterocycles. The Morgan fingerprint density at radius 2 is 1.79 bits per heavy atom. The number of anilines is 1. The van der Waals surface area contributed by atoms with Crippen molar-refractivity contribution in [2.75, 3.05) is 18.5 Å². The monoisotopic (exact) mass is 469 g/mol. The van der Waals surface area contributed by atoms with Crippen LogP contribution in [0.5, 0.6) is 0 Å². The van der Waals surface area contributed by atoms with Gasteiger partial charge in [-0.05, 0) is 32.4 Å². The molecule has 172 valence electrons. The van der Waals surface area contributed by atoms with Gasteiger partial charge in [0.25, 0.3) is 11.7 Å². The number of thiophene rings is 1. The summed E-state index contributed by atoms with van der Waals surface area (Å²) in [5.41, 5.74) is 2.17. The smallest absolute Gasteiger partial charge is 0.380 e. The van der Waals surface area contributed by atoms with E-state index in [-0.39, 0.29) is 22.7 Å². The van der Waals surface area contributed by atoms with E-state index in [0.717, 1.165) is 10.4 Å². The normalized spacial score (nSPS) is 10.5. The number of hydrogen-bond donors (Lipinski definition) is 1. The molecule has 2 aromatic heterocycles. The van der Waals surface area contributed by atoms with Gasteiger partial charge in [0.2, 0.25) is 0 Å². The Hall–Kier alpha value is -3.79. The van der Waals surface area contributed by atoms with Crippen molar-refractivity contribution in [1.82, 2.24) is 9.78 Å². The van der Waals surface area contributed by atoms with Gasteiger partial charge in [-0.15, -0.1) is 11.3 Å². The lowest BCUT2D eigenvalue weighted by atomic mass is 10.1. The van der Waals surface area contributed by atoms with Gasteiger partial charge in [0.15, 0.2) is 6.61 Å². The number of ketones is 1. The highest BCUT2D eigenvalue weighted by Crippen LogP contribution is 2.35. The minimum absolute atomic E-state index is 0.151. The van der Waals surface area contributed by atoms with Crippen LogP contribution < -0.4 is 5.32 Å². The molecule has 10 heteroatoms. The first kappa shape index (κ1) is 23.9. The molecule has 0 aliphatic rings. The highest BCUT2D eigenvalue weighted by Gasteiger charge is 2.26. The Balaban J connectivity index is 1.71. The van der Waals surface area contributed by atoms with Gasteiger partial charge in [-0.3, -0.25) is 14.3 Å².